The quantitative estimate of drug-likeness (QED) is 0.0505. The third kappa shape index (κ3) is 10.7. The highest BCUT2D eigenvalue weighted by molar-refractivity contribution is 6.35. The number of aryl methyl sites for hydroxylation is 3. The molecule has 1 unspecified atom stereocenters. The Balaban J connectivity index is 0.000000257. The Hall–Kier alpha value is -6.62. The lowest BCUT2D eigenvalue weighted by Crippen LogP contribution is -2.57. The second-order valence-electron chi connectivity index (χ2n) is 18.1. The molecule has 0 aliphatic carbocycles. The van der Waals surface area contributed by atoms with Gasteiger partial charge >= 0.3 is 5.97 Å². The lowest BCUT2D eigenvalue weighted by Gasteiger charge is -2.41. The number of amides is 3. The highest BCUT2D eigenvalue weighted by atomic mass is 35.5. The first kappa shape index (κ1) is 50.3. The first-order valence-electron chi connectivity index (χ1n) is 23.2. The minimum absolute atomic E-state index is 0.103. The monoisotopic (exact) mass is 964 g/mol. The van der Waals surface area contributed by atoms with Crippen LogP contribution < -0.4 is 14.8 Å². The van der Waals surface area contributed by atoms with E-state index in [0.29, 0.717) is 84.9 Å². The fraction of sp³-hybridized carbons (Fsp3) is 0.385. The van der Waals surface area contributed by atoms with E-state index in [-0.39, 0.29) is 24.9 Å². The van der Waals surface area contributed by atoms with Gasteiger partial charge in [-0.1, -0.05) is 49.2 Å². The smallest absolute Gasteiger partial charge is 0.352 e. The van der Waals surface area contributed by atoms with Crippen molar-refractivity contribution in [1.29, 1.82) is 0 Å². The molecule has 17 heteroatoms. The van der Waals surface area contributed by atoms with Crippen LogP contribution in [0.3, 0.4) is 0 Å². The van der Waals surface area contributed by atoms with Gasteiger partial charge in [-0.15, -0.1) is 0 Å². The maximum Gasteiger partial charge on any atom is 0.352 e. The molecule has 4 aromatic carbocycles. The number of nitrogens with zero attached hydrogens (tertiary/aromatic N) is 6. The van der Waals surface area contributed by atoms with E-state index >= 15 is 0 Å². The van der Waals surface area contributed by atoms with Crippen LogP contribution in [-0.4, -0.2) is 130 Å². The molecule has 3 amide bonds. The molecule has 364 valence electrons. The van der Waals surface area contributed by atoms with Crippen molar-refractivity contribution in [1.82, 2.24) is 29.5 Å². The second kappa shape index (κ2) is 21.8. The van der Waals surface area contributed by atoms with Gasteiger partial charge in [0.1, 0.15) is 35.7 Å². The van der Waals surface area contributed by atoms with Crippen molar-refractivity contribution in [3.63, 3.8) is 0 Å². The molecule has 2 aliphatic rings. The fourth-order valence-corrected chi connectivity index (χ4v) is 9.92. The number of carbonyl (C=O) groups excluding carboxylic acids is 4. The van der Waals surface area contributed by atoms with E-state index in [1.807, 2.05) is 67.4 Å². The molecule has 1 atom stereocenters. The van der Waals surface area contributed by atoms with E-state index in [9.17, 15) is 33.5 Å². The summed E-state index contributed by atoms with van der Waals surface area (Å²) < 4.78 is 30.0. The SMILES string of the molecule is CCCC(C(=O)NC=O)N1Cc2c(OCC=O)cccc2C1=O.Cc1nn(C)c(C)c1-c1c(Cl)ccc2c(CCCOc3cccc4cc(F)ccc34)c(C(=O)O)n(CC[N+]3(C)CCN(C)CC3)c12. The van der Waals surface area contributed by atoms with Crippen molar-refractivity contribution in [2.24, 2.45) is 7.05 Å². The molecule has 0 saturated carbocycles. The summed E-state index contributed by atoms with van der Waals surface area (Å²) in [6, 6.07) is 18.4. The largest absolute Gasteiger partial charge is 0.493 e. The van der Waals surface area contributed by atoms with Crippen LogP contribution in [0.25, 0.3) is 32.8 Å². The van der Waals surface area contributed by atoms with E-state index in [0.717, 1.165) is 87.0 Å². The molecule has 4 heterocycles. The van der Waals surface area contributed by atoms with Gasteiger partial charge in [0.2, 0.25) is 12.3 Å². The van der Waals surface area contributed by atoms with Crippen LogP contribution in [0.15, 0.2) is 66.7 Å². The number of nitrogens with one attached hydrogen (secondary N) is 1. The van der Waals surface area contributed by atoms with Gasteiger partial charge in [0, 0.05) is 58.9 Å². The number of imide groups is 1. The number of ether oxygens (including phenoxy) is 2. The molecule has 6 aromatic rings. The summed E-state index contributed by atoms with van der Waals surface area (Å²) in [5, 5.41) is 20.6. The van der Waals surface area contributed by atoms with E-state index in [1.165, 1.54) is 17.0 Å². The number of hydrogen-bond donors (Lipinski definition) is 2. The zero-order chi connectivity index (χ0) is 49.6. The highest BCUT2D eigenvalue weighted by Gasteiger charge is 2.38. The molecule has 0 spiro atoms. The first-order valence-corrected chi connectivity index (χ1v) is 23.6. The fourth-order valence-electron chi connectivity index (χ4n) is 9.67. The standard InChI is InChI=1S/C36H41ClFN5O3.C16H18N2O5/c1-23-32(24(2)41(4)39-23)33-30(37)14-13-29-28(9-7-21-46-31-10-6-8-25-22-26(38)11-12-27(25)31)35(36(44)45)42(34(29)33)17-20-43(5)18-15-40(3)16-19-43;1-2-4-13(15(21)17-10-20)18-9-12-11(16(18)22)5-3-6-14(12)23-8-7-19/h6,8,10-14,22H,7,9,15-21H2,1-5H3;3,5-7,10,13H,2,4,8-9H2,1H3,(H,17,20,21)/p+1. The van der Waals surface area contributed by atoms with Crippen LogP contribution in [0.4, 0.5) is 4.39 Å². The lowest BCUT2D eigenvalue weighted by molar-refractivity contribution is -0.914. The van der Waals surface area contributed by atoms with Gasteiger partial charge in [-0.2, -0.15) is 5.10 Å². The number of carboxylic acids is 1. The molecule has 1 saturated heterocycles. The Labute approximate surface area is 405 Å². The predicted octanol–water partition coefficient (Wildman–Crippen LogP) is 7.37. The molecule has 2 aliphatic heterocycles. The number of fused-ring (bicyclic) bond motifs is 3. The predicted molar refractivity (Wildman–Crippen MR) is 262 cm³/mol. The zero-order valence-electron chi connectivity index (χ0n) is 40.0. The van der Waals surface area contributed by atoms with Gasteiger partial charge in [0.15, 0.2) is 6.29 Å². The van der Waals surface area contributed by atoms with Gasteiger partial charge in [-0.25, -0.2) is 9.18 Å². The first-order chi connectivity index (χ1) is 33.1. The van der Waals surface area contributed by atoms with Crippen LogP contribution in [-0.2, 0) is 40.9 Å². The molecule has 2 aromatic heterocycles. The topological polar surface area (TPSA) is 165 Å². The van der Waals surface area contributed by atoms with E-state index < -0.39 is 17.9 Å². The summed E-state index contributed by atoms with van der Waals surface area (Å²) in [5.74, 6) is -0.891. The van der Waals surface area contributed by atoms with Gasteiger partial charge in [-0.05, 0) is 93.6 Å². The summed E-state index contributed by atoms with van der Waals surface area (Å²) >= 11 is 7.00. The molecular weight excluding hydrogens is 905 g/mol. The maximum atomic E-state index is 13.8. The minimum Gasteiger partial charge on any atom is -0.493 e. The van der Waals surface area contributed by atoms with Crippen LogP contribution in [0.1, 0.15) is 69.5 Å². The number of aldehydes is 1. The number of benzene rings is 4. The summed E-state index contributed by atoms with van der Waals surface area (Å²) in [5.41, 5.74) is 6.63. The molecule has 15 nitrogen and oxygen atoms in total. The molecule has 1 fully saturated rings. The van der Waals surface area contributed by atoms with Gasteiger partial charge in [0.05, 0.1) is 62.6 Å². The Morgan fingerprint density at radius 2 is 1.71 bits per heavy atom. The van der Waals surface area contributed by atoms with Crippen LogP contribution >= 0.6 is 11.6 Å². The summed E-state index contributed by atoms with van der Waals surface area (Å²) in [7, 11) is 6.33. The number of aromatic nitrogens is 3. The Kier molecular flexibility index (Phi) is 15.9. The number of piperazine rings is 1. The van der Waals surface area contributed by atoms with Gasteiger partial charge < -0.3 is 28.5 Å². The van der Waals surface area contributed by atoms with Crippen molar-refractivity contribution >= 4 is 63.8 Å². The molecular formula is C52H60ClFN7O8+. The van der Waals surface area contributed by atoms with Crippen molar-refractivity contribution in [2.75, 3.05) is 60.0 Å². The highest BCUT2D eigenvalue weighted by Crippen LogP contribution is 2.42. The number of carboxylic acid groups (broad SMARTS) is 1. The van der Waals surface area contributed by atoms with E-state index in [2.05, 4.69) is 29.4 Å². The zero-order valence-corrected chi connectivity index (χ0v) is 40.8. The average molecular weight is 966 g/mol. The van der Waals surface area contributed by atoms with Crippen LogP contribution in [0.5, 0.6) is 11.5 Å². The number of carbonyl (C=O) groups is 5. The molecule has 2 N–H and O–H groups in total. The van der Waals surface area contributed by atoms with Crippen molar-refractivity contribution in [3.8, 4) is 22.6 Å². The second-order valence-corrected chi connectivity index (χ2v) is 18.5. The molecule has 0 bridgehead atoms. The summed E-state index contributed by atoms with van der Waals surface area (Å²) in [6.45, 7) is 11.8. The molecule has 69 heavy (non-hydrogen) atoms. The number of rotatable bonds is 18. The maximum absolute atomic E-state index is 13.8. The third-order valence-corrected chi connectivity index (χ3v) is 13.8. The number of aromatic carboxylic acids is 1. The minimum atomic E-state index is -0.953. The molecule has 8 rings (SSSR count). The Morgan fingerprint density at radius 3 is 2.39 bits per heavy atom. The van der Waals surface area contributed by atoms with Crippen LogP contribution in [0.2, 0.25) is 5.02 Å². The molecule has 0 radical (unpaired) electrons. The lowest BCUT2D eigenvalue weighted by atomic mass is 9.98. The Bertz CT molecular complexity index is 2910. The number of halogens is 2. The average Bonchev–Trinajstić information content (AvgIpc) is 3.92. The van der Waals surface area contributed by atoms with Crippen molar-refractivity contribution in [2.45, 2.75) is 65.6 Å². The Morgan fingerprint density at radius 1 is 0.986 bits per heavy atom. The number of hydrogen-bond acceptors (Lipinski definition) is 9. The number of likely N-dealkylation sites (N-methyl/N-ethyl adjacent to an activating group) is 2. The van der Waals surface area contributed by atoms with E-state index in [4.69, 9.17) is 21.1 Å². The van der Waals surface area contributed by atoms with Crippen molar-refractivity contribution < 1.29 is 47.4 Å². The summed E-state index contributed by atoms with van der Waals surface area (Å²) in [4.78, 5) is 62.6. The van der Waals surface area contributed by atoms with Crippen LogP contribution in [0, 0.1) is 19.7 Å². The normalized spacial score (nSPS) is 14.8. The third-order valence-electron chi connectivity index (χ3n) is 13.5. The van der Waals surface area contributed by atoms with Crippen molar-refractivity contribution in [3.05, 3.63) is 111 Å². The number of quaternary nitrogens is 1. The van der Waals surface area contributed by atoms with Gasteiger partial charge in [0.25, 0.3) is 5.91 Å². The van der Waals surface area contributed by atoms with Gasteiger partial charge in [-0.3, -0.25) is 34.1 Å². The summed E-state index contributed by atoms with van der Waals surface area (Å²) in [6.07, 6.45) is 3.19. The van der Waals surface area contributed by atoms with E-state index in [1.54, 1.807) is 24.3 Å².